The summed E-state index contributed by atoms with van der Waals surface area (Å²) in [5, 5.41) is 9.20. The van der Waals surface area contributed by atoms with Crippen molar-refractivity contribution in [2.24, 2.45) is 5.92 Å². The van der Waals surface area contributed by atoms with Crippen LogP contribution in [0.3, 0.4) is 0 Å². The maximum absolute atomic E-state index is 12.3. The molecule has 18 heavy (non-hydrogen) atoms. The monoisotopic (exact) mass is 251 g/mol. The van der Waals surface area contributed by atoms with Crippen molar-refractivity contribution in [2.45, 2.75) is 59.6 Å². The summed E-state index contributed by atoms with van der Waals surface area (Å²) in [4.78, 5) is 12.3. The molecule has 0 aliphatic heterocycles. The lowest BCUT2D eigenvalue weighted by molar-refractivity contribution is 0.278. The van der Waals surface area contributed by atoms with E-state index in [0.29, 0.717) is 11.5 Å². The molecular formula is C15H25NO2. The number of pyridine rings is 1. The molecular weight excluding hydrogens is 226 g/mol. The molecule has 0 fully saturated rings. The van der Waals surface area contributed by atoms with Crippen LogP contribution in [0, 0.1) is 5.92 Å². The van der Waals surface area contributed by atoms with Crippen LogP contribution in [0.2, 0.25) is 0 Å². The van der Waals surface area contributed by atoms with E-state index in [0.717, 1.165) is 18.7 Å². The largest absolute Gasteiger partial charge is 0.391 e. The van der Waals surface area contributed by atoms with Gasteiger partial charge in [-0.2, -0.15) is 0 Å². The third kappa shape index (κ3) is 3.45. The van der Waals surface area contributed by atoms with Crippen molar-refractivity contribution < 1.29 is 5.11 Å². The molecule has 102 valence electrons. The molecule has 0 aliphatic rings. The SMILES string of the molecule is CC(C)CCn1c(C(C)(C)C)ccc(CO)c1=O. The molecule has 0 saturated heterocycles. The van der Waals surface area contributed by atoms with E-state index in [1.165, 1.54) is 0 Å². The number of nitrogens with zero attached hydrogens (tertiary/aromatic N) is 1. The van der Waals surface area contributed by atoms with E-state index in [-0.39, 0.29) is 17.6 Å². The molecule has 1 rings (SSSR count). The van der Waals surface area contributed by atoms with Crippen molar-refractivity contribution in [3.05, 3.63) is 33.7 Å². The van der Waals surface area contributed by atoms with E-state index in [1.54, 1.807) is 6.07 Å². The van der Waals surface area contributed by atoms with Crippen LogP contribution in [0.15, 0.2) is 16.9 Å². The zero-order valence-electron chi connectivity index (χ0n) is 12.2. The Labute approximate surface area is 109 Å². The maximum atomic E-state index is 12.3. The lowest BCUT2D eigenvalue weighted by Crippen LogP contribution is -2.32. The minimum atomic E-state index is -0.190. The molecule has 0 aromatic carbocycles. The van der Waals surface area contributed by atoms with Crippen LogP contribution in [-0.4, -0.2) is 9.67 Å². The smallest absolute Gasteiger partial charge is 0.256 e. The predicted octanol–water partition coefficient (Wildman–Crippen LogP) is 2.68. The van der Waals surface area contributed by atoms with Gasteiger partial charge in [-0.3, -0.25) is 4.79 Å². The van der Waals surface area contributed by atoms with E-state index in [9.17, 15) is 9.90 Å². The molecule has 0 amide bonds. The van der Waals surface area contributed by atoms with Crippen molar-refractivity contribution >= 4 is 0 Å². The Morgan fingerprint density at radius 2 is 1.89 bits per heavy atom. The first-order chi connectivity index (χ1) is 8.27. The molecule has 3 nitrogen and oxygen atoms in total. The molecule has 0 atom stereocenters. The zero-order chi connectivity index (χ0) is 13.9. The minimum Gasteiger partial charge on any atom is -0.391 e. The van der Waals surface area contributed by atoms with E-state index in [1.807, 2.05) is 10.6 Å². The van der Waals surface area contributed by atoms with E-state index in [2.05, 4.69) is 34.6 Å². The predicted molar refractivity (Wildman–Crippen MR) is 74.8 cm³/mol. The summed E-state index contributed by atoms with van der Waals surface area (Å²) in [6.45, 7) is 11.1. The lowest BCUT2D eigenvalue weighted by atomic mass is 9.90. The van der Waals surface area contributed by atoms with Crippen molar-refractivity contribution in [1.82, 2.24) is 4.57 Å². The third-order valence-corrected chi connectivity index (χ3v) is 3.12. The number of hydrogen-bond donors (Lipinski definition) is 1. The molecule has 3 heteroatoms. The van der Waals surface area contributed by atoms with Crippen LogP contribution in [0.5, 0.6) is 0 Å². The van der Waals surface area contributed by atoms with E-state index < -0.39 is 0 Å². The van der Waals surface area contributed by atoms with Gasteiger partial charge in [-0.25, -0.2) is 0 Å². The first-order valence-corrected chi connectivity index (χ1v) is 6.61. The second-order valence-electron chi connectivity index (χ2n) is 6.29. The normalized spacial score (nSPS) is 12.2. The van der Waals surface area contributed by atoms with Crippen LogP contribution in [-0.2, 0) is 18.6 Å². The van der Waals surface area contributed by atoms with E-state index >= 15 is 0 Å². The average Bonchev–Trinajstić information content (AvgIpc) is 2.25. The Morgan fingerprint density at radius 3 is 2.33 bits per heavy atom. The van der Waals surface area contributed by atoms with Gasteiger partial charge in [0.05, 0.1) is 6.61 Å². The molecule has 0 unspecified atom stereocenters. The van der Waals surface area contributed by atoms with Crippen LogP contribution < -0.4 is 5.56 Å². The van der Waals surface area contributed by atoms with E-state index in [4.69, 9.17) is 0 Å². The zero-order valence-corrected chi connectivity index (χ0v) is 12.2. The van der Waals surface area contributed by atoms with Crippen LogP contribution in [0.1, 0.15) is 52.3 Å². The summed E-state index contributed by atoms with van der Waals surface area (Å²) in [7, 11) is 0. The number of aliphatic hydroxyl groups excluding tert-OH is 1. The molecule has 1 heterocycles. The Balaban J connectivity index is 3.27. The summed E-state index contributed by atoms with van der Waals surface area (Å²) in [6, 6.07) is 3.71. The summed E-state index contributed by atoms with van der Waals surface area (Å²) in [5.41, 5.74) is 1.40. The highest BCUT2D eigenvalue weighted by molar-refractivity contribution is 5.21. The lowest BCUT2D eigenvalue weighted by Gasteiger charge is -2.25. The second-order valence-corrected chi connectivity index (χ2v) is 6.29. The van der Waals surface area contributed by atoms with Gasteiger partial charge in [0.15, 0.2) is 0 Å². The number of rotatable bonds is 4. The van der Waals surface area contributed by atoms with Gasteiger partial charge < -0.3 is 9.67 Å². The van der Waals surface area contributed by atoms with Crippen LogP contribution >= 0.6 is 0 Å². The van der Waals surface area contributed by atoms with Crippen molar-refractivity contribution in [2.75, 3.05) is 0 Å². The number of aromatic nitrogens is 1. The quantitative estimate of drug-likeness (QED) is 0.894. The minimum absolute atomic E-state index is 0.0504. The fraction of sp³-hybridized carbons (Fsp3) is 0.667. The first kappa shape index (κ1) is 15.0. The Bertz CT molecular complexity index is 453. The van der Waals surface area contributed by atoms with Crippen molar-refractivity contribution in [3.63, 3.8) is 0 Å². The second kappa shape index (κ2) is 5.70. The molecule has 1 aromatic rings. The fourth-order valence-corrected chi connectivity index (χ4v) is 2.01. The Kier molecular flexibility index (Phi) is 4.74. The van der Waals surface area contributed by atoms with Crippen molar-refractivity contribution in [1.29, 1.82) is 0 Å². The Morgan fingerprint density at radius 1 is 1.28 bits per heavy atom. The summed E-state index contributed by atoms with van der Waals surface area (Å²) in [6.07, 6.45) is 0.970. The highest BCUT2D eigenvalue weighted by Gasteiger charge is 2.20. The molecule has 0 bridgehead atoms. The maximum Gasteiger partial charge on any atom is 0.256 e. The molecule has 1 N–H and O–H groups in total. The highest BCUT2D eigenvalue weighted by Crippen LogP contribution is 2.21. The molecule has 0 radical (unpaired) electrons. The van der Waals surface area contributed by atoms with Gasteiger partial charge in [-0.15, -0.1) is 0 Å². The standard InChI is InChI=1S/C15H25NO2/c1-11(2)8-9-16-13(15(3,4)5)7-6-12(10-17)14(16)18/h6-7,11,17H,8-10H2,1-5H3. The fourth-order valence-electron chi connectivity index (χ4n) is 2.01. The average molecular weight is 251 g/mol. The first-order valence-electron chi connectivity index (χ1n) is 6.61. The van der Waals surface area contributed by atoms with Gasteiger partial charge in [0, 0.05) is 23.2 Å². The molecule has 0 spiro atoms. The van der Waals surface area contributed by atoms with Gasteiger partial charge in [0.1, 0.15) is 0 Å². The molecule has 0 aliphatic carbocycles. The number of hydrogen-bond acceptors (Lipinski definition) is 2. The third-order valence-electron chi connectivity index (χ3n) is 3.12. The van der Waals surface area contributed by atoms with Crippen molar-refractivity contribution in [3.8, 4) is 0 Å². The summed E-state index contributed by atoms with van der Waals surface area (Å²) >= 11 is 0. The van der Waals surface area contributed by atoms with Crippen LogP contribution in [0.25, 0.3) is 0 Å². The molecule has 1 aromatic heterocycles. The van der Waals surface area contributed by atoms with Gasteiger partial charge in [0.25, 0.3) is 5.56 Å². The summed E-state index contributed by atoms with van der Waals surface area (Å²) < 4.78 is 1.82. The highest BCUT2D eigenvalue weighted by atomic mass is 16.3. The molecule has 0 saturated carbocycles. The van der Waals surface area contributed by atoms with Crippen LogP contribution in [0.4, 0.5) is 0 Å². The topological polar surface area (TPSA) is 42.2 Å². The van der Waals surface area contributed by atoms with Gasteiger partial charge in [-0.1, -0.05) is 34.6 Å². The number of aliphatic hydroxyl groups is 1. The van der Waals surface area contributed by atoms with Gasteiger partial charge in [0.2, 0.25) is 0 Å². The Hall–Kier alpha value is -1.09. The van der Waals surface area contributed by atoms with Gasteiger partial charge in [-0.05, 0) is 24.5 Å². The van der Waals surface area contributed by atoms with Gasteiger partial charge >= 0.3 is 0 Å². The summed E-state index contributed by atoms with van der Waals surface area (Å²) in [5.74, 6) is 0.558.